The number of carbonyl (C=O) groups is 1. The maximum absolute atomic E-state index is 12.2. The third-order valence-electron chi connectivity index (χ3n) is 6.68. The van der Waals surface area contributed by atoms with E-state index in [-0.39, 0.29) is 12.5 Å². The first-order valence-corrected chi connectivity index (χ1v) is 15.0. The van der Waals surface area contributed by atoms with Crippen molar-refractivity contribution >= 4 is 5.91 Å². The van der Waals surface area contributed by atoms with Crippen LogP contribution >= 0.6 is 0 Å². The van der Waals surface area contributed by atoms with E-state index in [1.54, 1.807) is 0 Å². The number of allylic oxidation sites excluding steroid dienone is 4. The van der Waals surface area contributed by atoms with Gasteiger partial charge in [-0.3, -0.25) is 4.79 Å². The summed E-state index contributed by atoms with van der Waals surface area (Å²) in [4.78, 5) is 12.2. The van der Waals surface area contributed by atoms with Gasteiger partial charge in [-0.15, -0.1) is 0 Å². The summed E-state index contributed by atoms with van der Waals surface area (Å²) in [5, 5.41) is 22.8. The smallest absolute Gasteiger partial charge is 0.220 e. The fourth-order valence-electron chi connectivity index (χ4n) is 4.29. The van der Waals surface area contributed by atoms with Gasteiger partial charge in [-0.2, -0.15) is 0 Å². The highest BCUT2D eigenvalue weighted by Crippen LogP contribution is 2.11. The third-order valence-corrected chi connectivity index (χ3v) is 6.68. The van der Waals surface area contributed by atoms with E-state index >= 15 is 0 Å². The second-order valence-electron chi connectivity index (χ2n) is 10.2. The minimum Gasteiger partial charge on any atom is -0.394 e. The van der Waals surface area contributed by atoms with Gasteiger partial charge in [-0.1, -0.05) is 102 Å². The highest BCUT2D eigenvalue weighted by atomic mass is 16.3. The fourth-order valence-corrected chi connectivity index (χ4v) is 4.29. The van der Waals surface area contributed by atoms with Crippen molar-refractivity contribution in [2.75, 3.05) is 6.61 Å². The first-order valence-electron chi connectivity index (χ1n) is 15.0. The van der Waals surface area contributed by atoms with E-state index in [4.69, 9.17) is 0 Å². The number of aliphatic hydroxyl groups excluding tert-OH is 2. The lowest BCUT2D eigenvalue weighted by Crippen LogP contribution is -2.45. The van der Waals surface area contributed by atoms with Crippen LogP contribution in [0.5, 0.6) is 0 Å². The van der Waals surface area contributed by atoms with Gasteiger partial charge in [0.05, 0.1) is 18.8 Å². The molecule has 0 aliphatic rings. The average Bonchev–Trinajstić information content (AvgIpc) is 2.86. The van der Waals surface area contributed by atoms with Crippen molar-refractivity contribution < 1.29 is 15.0 Å². The van der Waals surface area contributed by atoms with Crippen LogP contribution in [0.1, 0.15) is 149 Å². The molecule has 0 radical (unpaired) electrons. The molecule has 4 nitrogen and oxygen atoms in total. The summed E-state index contributed by atoms with van der Waals surface area (Å²) in [5.41, 5.74) is 0. The molecule has 35 heavy (non-hydrogen) atoms. The number of nitrogens with one attached hydrogen (secondary N) is 1. The molecule has 0 fully saturated rings. The summed E-state index contributed by atoms with van der Waals surface area (Å²) in [6.07, 6.45) is 32.2. The number of rotatable bonds is 26. The number of hydrogen-bond acceptors (Lipinski definition) is 3. The molecule has 0 bridgehead atoms. The molecule has 0 saturated heterocycles. The van der Waals surface area contributed by atoms with E-state index in [1.807, 2.05) is 0 Å². The molecular weight excluding hydrogens is 434 g/mol. The maximum Gasteiger partial charge on any atom is 0.220 e. The number of carbonyl (C=O) groups excluding carboxylic acids is 1. The second-order valence-corrected chi connectivity index (χ2v) is 10.2. The zero-order valence-electron chi connectivity index (χ0n) is 23.3. The summed E-state index contributed by atoms with van der Waals surface area (Å²) in [7, 11) is 0. The van der Waals surface area contributed by atoms with Gasteiger partial charge in [-0.05, 0) is 64.2 Å². The number of unbranched alkanes of at least 4 members (excludes halogenated alkanes) is 15. The Morgan fingerprint density at radius 1 is 0.657 bits per heavy atom. The monoisotopic (exact) mass is 493 g/mol. The Bertz CT molecular complexity index is 503. The van der Waals surface area contributed by atoms with E-state index in [0.717, 1.165) is 44.9 Å². The predicted octanol–water partition coefficient (Wildman–Crippen LogP) is 8.17. The van der Waals surface area contributed by atoms with Crippen molar-refractivity contribution in [1.29, 1.82) is 0 Å². The molecule has 206 valence electrons. The third kappa shape index (κ3) is 24.3. The fraction of sp³-hybridized carbons (Fsp3) is 0.839. The van der Waals surface area contributed by atoms with Crippen LogP contribution in [0.15, 0.2) is 24.3 Å². The number of hydrogen-bond donors (Lipinski definition) is 3. The first kappa shape index (κ1) is 33.9. The quantitative estimate of drug-likeness (QED) is 0.0840. The molecular formula is C31H59NO3. The molecule has 1 amide bonds. The Balaban J connectivity index is 3.66. The zero-order chi connectivity index (χ0) is 25.8. The zero-order valence-corrected chi connectivity index (χ0v) is 23.3. The van der Waals surface area contributed by atoms with Crippen LogP contribution in [-0.4, -0.2) is 34.9 Å². The van der Waals surface area contributed by atoms with Gasteiger partial charge in [0.2, 0.25) is 5.91 Å². The minimum atomic E-state index is -0.679. The Labute approximate surface area is 218 Å². The Hall–Kier alpha value is -1.13. The number of amides is 1. The molecule has 0 aliphatic carbocycles. The largest absolute Gasteiger partial charge is 0.394 e. The van der Waals surface area contributed by atoms with Crippen LogP contribution in [-0.2, 0) is 4.79 Å². The van der Waals surface area contributed by atoms with Crippen molar-refractivity contribution in [1.82, 2.24) is 5.32 Å². The van der Waals surface area contributed by atoms with E-state index < -0.39 is 12.1 Å². The molecule has 0 aliphatic heterocycles. The molecule has 0 aromatic rings. The predicted molar refractivity (Wildman–Crippen MR) is 152 cm³/mol. The lowest BCUT2D eigenvalue weighted by atomic mass is 10.0. The molecule has 0 rings (SSSR count). The summed E-state index contributed by atoms with van der Waals surface area (Å²) in [6.45, 7) is 4.26. The lowest BCUT2D eigenvalue weighted by Gasteiger charge is -2.22. The van der Waals surface area contributed by atoms with Crippen LogP contribution < -0.4 is 5.32 Å². The molecule has 0 aromatic heterocycles. The second kappa shape index (κ2) is 27.5. The van der Waals surface area contributed by atoms with Gasteiger partial charge in [-0.25, -0.2) is 0 Å². The lowest BCUT2D eigenvalue weighted by molar-refractivity contribution is -0.123. The minimum absolute atomic E-state index is 0.0556. The Kier molecular flexibility index (Phi) is 26.6. The summed E-state index contributed by atoms with van der Waals surface area (Å²) >= 11 is 0. The van der Waals surface area contributed by atoms with E-state index in [0.29, 0.717) is 12.8 Å². The van der Waals surface area contributed by atoms with Crippen LogP contribution in [0.2, 0.25) is 0 Å². The normalized spacial score (nSPS) is 13.6. The Morgan fingerprint density at radius 2 is 1.09 bits per heavy atom. The van der Waals surface area contributed by atoms with Crippen molar-refractivity contribution in [3.8, 4) is 0 Å². The van der Waals surface area contributed by atoms with Crippen LogP contribution in [0.4, 0.5) is 0 Å². The van der Waals surface area contributed by atoms with Gasteiger partial charge >= 0.3 is 0 Å². The molecule has 0 aromatic carbocycles. The number of aliphatic hydroxyl groups is 2. The summed E-state index contributed by atoms with van der Waals surface area (Å²) in [6, 6.07) is -0.550. The van der Waals surface area contributed by atoms with Crippen molar-refractivity contribution in [2.45, 2.75) is 161 Å². The highest BCUT2D eigenvalue weighted by Gasteiger charge is 2.19. The molecule has 0 heterocycles. The summed E-state index contributed by atoms with van der Waals surface area (Å²) in [5.74, 6) is -0.0556. The standard InChI is InChI=1S/C31H59NO3/c1-3-5-7-9-11-13-14-15-16-17-19-21-23-25-27-31(35)32-29(28-33)30(34)26-24-22-20-18-12-10-8-6-4-2/h12,14-15,18,29-30,33-34H,3-11,13,16-17,19-28H2,1-2H3,(H,32,35)/b15-14+,18-12+/t29-,30+/m0/s1. The van der Waals surface area contributed by atoms with Crippen LogP contribution in [0, 0.1) is 0 Å². The van der Waals surface area contributed by atoms with Gasteiger partial charge in [0.15, 0.2) is 0 Å². The SMILES string of the molecule is CCCCC/C=C/CCCC[C@@H](O)[C@H](CO)NC(=O)CCCCCCC/C=C/CCCCCCC. The molecule has 4 heteroatoms. The van der Waals surface area contributed by atoms with Crippen molar-refractivity contribution in [3.05, 3.63) is 24.3 Å². The van der Waals surface area contributed by atoms with Gasteiger partial charge < -0.3 is 15.5 Å². The van der Waals surface area contributed by atoms with E-state index in [2.05, 4.69) is 43.5 Å². The van der Waals surface area contributed by atoms with E-state index in [9.17, 15) is 15.0 Å². The average molecular weight is 494 g/mol. The molecule has 0 unspecified atom stereocenters. The highest BCUT2D eigenvalue weighted by molar-refractivity contribution is 5.76. The molecule has 0 saturated carbocycles. The summed E-state index contributed by atoms with van der Waals surface area (Å²) < 4.78 is 0. The van der Waals surface area contributed by atoms with Crippen molar-refractivity contribution in [3.63, 3.8) is 0 Å². The molecule has 3 N–H and O–H groups in total. The molecule has 0 spiro atoms. The maximum atomic E-state index is 12.2. The molecule has 2 atom stereocenters. The van der Waals surface area contributed by atoms with Crippen LogP contribution in [0.25, 0.3) is 0 Å². The van der Waals surface area contributed by atoms with Gasteiger partial charge in [0, 0.05) is 6.42 Å². The van der Waals surface area contributed by atoms with Gasteiger partial charge in [0.1, 0.15) is 0 Å². The van der Waals surface area contributed by atoms with Crippen molar-refractivity contribution in [2.24, 2.45) is 0 Å². The first-order chi connectivity index (χ1) is 17.2. The topological polar surface area (TPSA) is 69.6 Å². The van der Waals surface area contributed by atoms with Gasteiger partial charge in [0.25, 0.3) is 0 Å². The van der Waals surface area contributed by atoms with E-state index in [1.165, 1.54) is 77.0 Å². The van der Waals surface area contributed by atoms with Crippen LogP contribution in [0.3, 0.4) is 0 Å². The Morgan fingerprint density at radius 3 is 1.63 bits per heavy atom.